The van der Waals surface area contributed by atoms with Crippen molar-refractivity contribution in [3.8, 4) is 0 Å². The second-order valence-electron chi connectivity index (χ2n) is 5.63. The number of aryl methyl sites for hydroxylation is 4. The molecule has 0 saturated heterocycles. The van der Waals surface area contributed by atoms with Crippen LogP contribution in [0.2, 0.25) is 0 Å². The number of benzene rings is 1. The maximum Gasteiger partial charge on any atom is 0.0646 e. The summed E-state index contributed by atoms with van der Waals surface area (Å²) < 4.78 is 0. The van der Waals surface area contributed by atoms with E-state index in [1.165, 1.54) is 47.3 Å². The summed E-state index contributed by atoms with van der Waals surface area (Å²) in [4.78, 5) is 2.90. The summed E-state index contributed by atoms with van der Waals surface area (Å²) in [5, 5.41) is 0. The number of hydrogen-bond acceptors (Lipinski definition) is 2. The van der Waals surface area contributed by atoms with E-state index in [2.05, 4.69) is 38.1 Å². The molecule has 0 saturated carbocycles. The van der Waals surface area contributed by atoms with E-state index in [4.69, 9.17) is 5.73 Å². The molecule has 2 heteroatoms. The first kappa shape index (κ1) is 12.9. The molecule has 0 spiro atoms. The van der Waals surface area contributed by atoms with Crippen LogP contribution in [0.4, 0.5) is 0 Å². The zero-order chi connectivity index (χ0) is 13.4. The highest BCUT2D eigenvalue weighted by Crippen LogP contribution is 2.34. The third kappa shape index (κ3) is 2.47. The fraction of sp³-hybridized carbons (Fsp3) is 0.412. The molecule has 0 bridgehead atoms. The Morgan fingerprint density at radius 1 is 1.05 bits per heavy atom. The lowest BCUT2D eigenvalue weighted by molar-refractivity contribution is 0.696. The molecular weight excluding hydrogens is 250 g/mol. The maximum absolute atomic E-state index is 6.46. The molecule has 19 heavy (non-hydrogen) atoms. The first-order chi connectivity index (χ1) is 9.15. The highest BCUT2D eigenvalue weighted by atomic mass is 32.1. The minimum Gasteiger partial charge on any atom is -0.320 e. The quantitative estimate of drug-likeness (QED) is 0.866. The minimum absolute atomic E-state index is 0.0369. The Morgan fingerprint density at radius 2 is 1.84 bits per heavy atom. The van der Waals surface area contributed by atoms with Gasteiger partial charge < -0.3 is 5.73 Å². The summed E-state index contributed by atoms with van der Waals surface area (Å²) in [5.41, 5.74) is 11.9. The van der Waals surface area contributed by atoms with Gasteiger partial charge in [0.1, 0.15) is 0 Å². The van der Waals surface area contributed by atoms with Crippen molar-refractivity contribution in [1.29, 1.82) is 0 Å². The maximum atomic E-state index is 6.46. The Kier molecular flexibility index (Phi) is 3.46. The molecule has 1 aliphatic carbocycles. The van der Waals surface area contributed by atoms with E-state index in [1.54, 1.807) is 10.4 Å². The Morgan fingerprint density at radius 3 is 2.58 bits per heavy atom. The van der Waals surface area contributed by atoms with Gasteiger partial charge in [0.2, 0.25) is 0 Å². The zero-order valence-electron chi connectivity index (χ0n) is 11.7. The molecule has 0 fully saturated rings. The molecule has 3 rings (SSSR count). The van der Waals surface area contributed by atoms with Crippen LogP contribution in [-0.2, 0) is 12.8 Å². The third-order valence-corrected chi connectivity index (χ3v) is 5.53. The predicted octanol–water partition coefficient (Wildman–Crippen LogP) is 4.29. The lowest BCUT2D eigenvalue weighted by Crippen LogP contribution is -2.10. The average molecular weight is 271 g/mol. The molecular formula is C17H21NS. The molecule has 1 aliphatic rings. The second kappa shape index (κ2) is 5.10. The summed E-state index contributed by atoms with van der Waals surface area (Å²) >= 11 is 1.92. The van der Waals surface area contributed by atoms with Crippen molar-refractivity contribution in [2.75, 3.05) is 0 Å². The molecule has 1 nitrogen and oxygen atoms in total. The molecule has 1 unspecified atom stereocenters. The second-order valence-corrected chi connectivity index (χ2v) is 6.79. The number of rotatable bonds is 2. The minimum atomic E-state index is 0.0369. The Hall–Kier alpha value is -1.12. The largest absolute Gasteiger partial charge is 0.320 e. The first-order valence-electron chi connectivity index (χ1n) is 7.09. The van der Waals surface area contributed by atoms with Gasteiger partial charge in [0.15, 0.2) is 0 Å². The highest BCUT2D eigenvalue weighted by Gasteiger charge is 2.18. The fourth-order valence-corrected chi connectivity index (χ4v) is 4.08. The van der Waals surface area contributed by atoms with E-state index in [0.717, 1.165) is 0 Å². The lowest BCUT2D eigenvalue weighted by Gasteiger charge is -2.12. The van der Waals surface area contributed by atoms with E-state index < -0.39 is 0 Å². The smallest absolute Gasteiger partial charge is 0.0646 e. The normalized spacial score (nSPS) is 16.2. The van der Waals surface area contributed by atoms with Gasteiger partial charge >= 0.3 is 0 Å². The van der Waals surface area contributed by atoms with Gasteiger partial charge in [-0.3, -0.25) is 0 Å². The van der Waals surface area contributed by atoms with Gasteiger partial charge in [-0.2, -0.15) is 0 Å². The molecule has 0 radical (unpaired) electrons. The molecule has 1 aromatic heterocycles. The summed E-state index contributed by atoms with van der Waals surface area (Å²) in [6, 6.07) is 8.97. The molecule has 1 atom stereocenters. The van der Waals surface area contributed by atoms with Gasteiger partial charge in [-0.1, -0.05) is 18.2 Å². The Bertz CT molecular complexity index is 574. The average Bonchev–Trinajstić information content (AvgIpc) is 2.85. The molecule has 2 N–H and O–H groups in total. The van der Waals surface area contributed by atoms with Gasteiger partial charge in [-0.05, 0) is 67.9 Å². The van der Waals surface area contributed by atoms with E-state index >= 15 is 0 Å². The standard InChI is InChI=1S/C17H21NS/c1-11-7-8-14(9-12(11)2)17(18)16-10-13-5-3-4-6-15(13)19-16/h7-10,17H,3-6,18H2,1-2H3. The molecule has 100 valence electrons. The van der Waals surface area contributed by atoms with Gasteiger partial charge in [0, 0.05) is 9.75 Å². The molecule has 0 amide bonds. The van der Waals surface area contributed by atoms with Crippen molar-refractivity contribution < 1.29 is 0 Å². The van der Waals surface area contributed by atoms with Crippen LogP contribution in [-0.4, -0.2) is 0 Å². The Labute approximate surface area is 119 Å². The van der Waals surface area contributed by atoms with Crippen LogP contribution >= 0.6 is 11.3 Å². The van der Waals surface area contributed by atoms with Crippen molar-refractivity contribution >= 4 is 11.3 Å². The number of fused-ring (bicyclic) bond motifs is 1. The SMILES string of the molecule is Cc1ccc(C(N)c2cc3c(s2)CCCC3)cc1C. The van der Waals surface area contributed by atoms with Crippen LogP contribution in [0, 0.1) is 13.8 Å². The van der Waals surface area contributed by atoms with Crippen LogP contribution in [0.3, 0.4) is 0 Å². The Balaban J connectivity index is 1.92. The predicted molar refractivity (Wildman–Crippen MR) is 82.9 cm³/mol. The summed E-state index contributed by atoms with van der Waals surface area (Å²) in [6.07, 6.45) is 5.17. The van der Waals surface area contributed by atoms with Crippen LogP contribution in [0.15, 0.2) is 24.3 Å². The molecule has 0 aliphatic heterocycles. The van der Waals surface area contributed by atoms with Crippen LogP contribution < -0.4 is 5.73 Å². The number of thiophene rings is 1. The molecule has 1 heterocycles. The van der Waals surface area contributed by atoms with E-state index in [9.17, 15) is 0 Å². The first-order valence-corrected chi connectivity index (χ1v) is 7.91. The van der Waals surface area contributed by atoms with Crippen molar-refractivity contribution in [3.05, 3.63) is 56.3 Å². The number of hydrogen-bond donors (Lipinski definition) is 1. The molecule has 1 aromatic carbocycles. The van der Waals surface area contributed by atoms with E-state index in [0.29, 0.717) is 0 Å². The summed E-state index contributed by atoms with van der Waals surface area (Å²) in [6.45, 7) is 4.31. The van der Waals surface area contributed by atoms with Crippen molar-refractivity contribution in [3.63, 3.8) is 0 Å². The summed E-state index contributed by atoms with van der Waals surface area (Å²) in [5.74, 6) is 0. The van der Waals surface area contributed by atoms with Gasteiger partial charge in [0.25, 0.3) is 0 Å². The van der Waals surface area contributed by atoms with Crippen molar-refractivity contribution in [2.45, 2.75) is 45.6 Å². The zero-order valence-corrected chi connectivity index (χ0v) is 12.5. The van der Waals surface area contributed by atoms with E-state index in [-0.39, 0.29) is 6.04 Å². The van der Waals surface area contributed by atoms with Gasteiger partial charge in [-0.25, -0.2) is 0 Å². The topological polar surface area (TPSA) is 26.0 Å². The fourth-order valence-electron chi connectivity index (χ4n) is 2.79. The van der Waals surface area contributed by atoms with E-state index in [1.807, 2.05) is 11.3 Å². The highest BCUT2D eigenvalue weighted by molar-refractivity contribution is 7.12. The van der Waals surface area contributed by atoms with Crippen molar-refractivity contribution in [2.24, 2.45) is 5.73 Å². The third-order valence-electron chi connectivity index (χ3n) is 4.21. The van der Waals surface area contributed by atoms with Crippen LogP contribution in [0.25, 0.3) is 0 Å². The van der Waals surface area contributed by atoms with Crippen LogP contribution in [0.1, 0.15) is 50.9 Å². The number of nitrogens with two attached hydrogens (primary N) is 1. The van der Waals surface area contributed by atoms with Crippen LogP contribution in [0.5, 0.6) is 0 Å². The van der Waals surface area contributed by atoms with Crippen molar-refractivity contribution in [1.82, 2.24) is 0 Å². The van der Waals surface area contributed by atoms with Gasteiger partial charge in [0.05, 0.1) is 6.04 Å². The lowest BCUT2D eigenvalue weighted by atomic mass is 9.97. The van der Waals surface area contributed by atoms with Gasteiger partial charge in [-0.15, -0.1) is 11.3 Å². The molecule has 2 aromatic rings. The summed E-state index contributed by atoms with van der Waals surface area (Å²) in [7, 11) is 0. The monoisotopic (exact) mass is 271 g/mol.